The number of rotatable bonds is 6. The second-order valence-corrected chi connectivity index (χ2v) is 3.70. The lowest BCUT2D eigenvalue weighted by Crippen LogP contribution is -2.22. The van der Waals surface area contributed by atoms with E-state index >= 15 is 0 Å². The van der Waals surface area contributed by atoms with Crippen LogP contribution in [0.3, 0.4) is 0 Å². The van der Waals surface area contributed by atoms with Crippen LogP contribution in [0, 0.1) is 0 Å². The summed E-state index contributed by atoms with van der Waals surface area (Å²) < 4.78 is 5.50. The average molecular weight is 223 g/mol. The van der Waals surface area contributed by atoms with Crippen molar-refractivity contribution in [2.75, 3.05) is 6.54 Å². The van der Waals surface area contributed by atoms with E-state index in [9.17, 15) is 4.79 Å². The predicted octanol–water partition coefficient (Wildman–Crippen LogP) is 1.43. The molecule has 0 fully saturated rings. The smallest absolute Gasteiger partial charge is 0.303 e. The molecule has 4 nitrogen and oxygen atoms in total. The molecule has 0 saturated heterocycles. The van der Waals surface area contributed by atoms with E-state index in [0.29, 0.717) is 13.0 Å². The van der Waals surface area contributed by atoms with Crippen molar-refractivity contribution in [3.63, 3.8) is 0 Å². The van der Waals surface area contributed by atoms with Crippen LogP contribution in [-0.4, -0.2) is 23.7 Å². The fourth-order valence-electron chi connectivity index (χ4n) is 1.27. The third kappa shape index (κ3) is 4.31. The highest BCUT2D eigenvalue weighted by Gasteiger charge is 2.02. The maximum Gasteiger partial charge on any atom is 0.303 e. The lowest BCUT2D eigenvalue weighted by atomic mass is 10.1. The first-order valence-corrected chi connectivity index (χ1v) is 5.29. The molecule has 16 heavy (non-hydrogen) atoms. The molecule has 0 saturated carbocycles. The van der Waals surface area contributed by atoms with Gasteiger partial charge in [0.2, 0.25) is 0 Å². The van der Waals surface area contributed by atoms with Gasteiger partial charge in [-0.2, -0.15) is 0 Å². The van der Waals surface area contributed by atoms with E-state index in [1.54, 1.807) is 0 Å². The molecule has 0 aromatic heterocycles. The summed E-state index contributed by atoms with van der Waals surface area (Å²) in [5.74, 6) is -0.0193. The fraction of sp³-hybridized carbons (Fsp3) is 0.417. The lowest BCUT2D eigenvalue weighted by molar-refractivity contribution is -0.136. The third-order valence-corrected chi connectivity index (χ3v) is 2.22. The Bertz CT molecular complexity index is 335. The zero-order chi connectivity index (χ0) is 12.0. The summed E-state index contributed by atoms with van der Waals surface area (Å²) >= 11 is 0. The van der Waals surface area contributed by atoms with Gasteiger partial charge in [0.15, 0.2) is 0 Å². The van der Waals surface area contributed by atoms with Gasteiger partial charge in [0, 0.05) is 13.0 Å². The zero-order valence-electron chi connectivity index (χ0n) is 9.35. The highest BCUT2D eigenvalue weighted by molar-refractivity contribution is 5.67. The molecule has 1 atom stereocenters. The quantitative estimate of drug-likeness (QED) is 0.765. The van der Waals surface area contributed by atoms with Gasteiger partial charge >= 0.3 is 5.97 Å². The molecule has 1 aromatic rings. The monoisotopic (exact) mass is 223 g/mol. The average Bonchev–Trinajstić information content (AvgIpc) is 2.28. The third-order valence-electron chi connectivity index (χ3n) is 2.22. The molecule has 1 aromatic carbocycles. The number of carboxylic acids is 1. The van der Waals surface area contributed by atoms with E-state index < -0.39 is 5.97 Å². The van der Waals surface area contributed by atoms with Crippen molar-refractivity contribution in [3.8, 4) is 5.75 Å². The van der Waals surface area contributed by atoms with Gasteiger partial charge < -0.3 is 15.6 Å². The van der Waals surface area contributed by atoms with Gasteiger partial charge in [-0.3, -0.25) is 4.79 Å². The Morgan fingerprint density at radius 2 is 2.06 bits per heavy atom. The molecule has 3 N–H and O–H groups in total. The second-order valence-electron chi connectivity index (χ2n) is 3.70. The Labute approximate surface area is 95.0 Å². The molecule has 0 bridgehead atoms. The molecule has 0 spiro atoms. The normalized spacial score (nSPS) is 12.1. The number of benzene rings is 1. The molecule has 4 heteroatoms. The summed E-state index contributed by atoms with van der Waals surface area (Å²) in [6.07, 6.45) is 0.687. The van der Waals surface area contributed by atoms with Gasteiger partial charge in [-0.1, -0.05) is 12.1 Å². The van der Waals surface area contributed by atoms with Crippen LogP contribution in [0.25, 0.3) is 0 Å². The SMILES string of the molecule is CC(CN)Oc1ccc(CCC(=O)O)cc1. The Morgan fingerprint density at radius 1 is 1.44 bits per heavy atom. The minimum Gasteiger partial charge on any atom is -0.489 e. The molecular formula is C12H17NO3. The predicted molar refractivity (Wildman–Crippen MR) is 61.5 cm³/mol. The number of ether oxygens (including phenoxy) is 1. The van der Waals surface area contributed by atoms with E-state index in [1.807, 2.05) is 31.2 Å². The maximum atomic E-state index is 10.4. The van der Waals surface area contributed by atoms with Gasteiger partial charge in [-0.25, -0.2) is 0 Å². The minimum atomic E-state index is -0.780. The number of aryl methyl sites for hydroxylation is 1. The number of hydrogen-bond donors (Lipinski definition) is 2. The van der Waals surface area contributed by atoms with Crippen LogP contribution in [-0.2, 0) is 11.2 Å². The van der Waals surface area contributed by atoms with Crippen molar-refractivity contribution in [2.45, 2.75) is 25.9 Å². The molecule has 1 unspecified atom stereocenters. The van der Waals surface area contributed by atoms with E-state index in [-0.39, 0.29) is 12.5 Å². The lowest BCUT2D eigenvalue weighted by Gasteiger charge is -2.12. The molecule has 0 aliphatic heterocycles. The fourth-order valence-corrected chi connectivity index (χ4v) is 1.27. The maximum absolute atomic E-state index is 10.4. The summed E-state index contributed by atoms with van der Waals surface area (Å²) in [7, 11) is 0. The second kappa shape index (κ2) is 6.12. The van der Waals surface area contributed by atoms with Gasteiger partial charge in [-0.05, 0) is 31.0 Å². The first-order valence-electron chi connectivity index (χ1n) is 5.29. The van der Waals surface area contributed by atoms with Gasteiger partial charge in [-0.15, -0.1) is 0 Å². The largest absolute Gasteiger partial charge is 0.489 e. The van der Waals surface area contributed by atoms with Crippen LogP contribution < -0.4 is 10.5 Å². The number of nitrogens with two attached hydrogens (primary N) is 1. The summed E-state index contributed by atoms with van der Waals surface area (Å²) in [6, 6.07) is 7.43. The molecular weight excluding hydrogens is 206 g/mol. The van der Waals surface area contributed by atoms with E-state index in [4.69, 9.17) is 15.6 Å². The topological polar surface area (TPSA) is 72.5 Å². The minimum absolute atomic E-state index is 0.00938. The van der Waals surface area contributed by atoms with Gasteiger partial charge in [0.25, 0.3) is 0 Å². The van der Waals surface area contributed by atoms with Crippen LogP contribution in [0.1, 0.15) is 18.9 Å². The molecule has 0 radical (unpaired) electrons. The van der Waals surface area contributed by atoms with Crippen LogP contribution in [0.4, 0.5) is 0 Å². The summed E-state index contributed by atoms with van der Waals surface area (Å²) in [5.41, 5.74) is 6.44. The van der Waals surface area contributed by atoms with E-state index in [2.05, 4.69) is 0 Å². The molecule has 88 valence electrons. The number of hydrogen-bond acceptors (Lipinski definition) is 3. The van der Waals surface area contributed by atoms with Crippen molar-refractivity contribution in [1.29, 1.82) is 0 Å². The van der Waals surface area contributed by atoms with Crippen LogP contribution in [0.15, 0.2) is 24.3 Å². The molecule has 0 heterocycles. The number of carbonyl (C=O) groups is 1. The molecule has 1 rings (SSSR count). The molecule has 0 aliphatic carbocycles. The zero-order valence-corrected chi connectivity index (χ0v) is 9.35. The van der Waals surface area contributed by atoms with Crippen molar-refractivity contribution >= 4 is 5.97 Å². The first-order chi connectivity index (χ1) is 7.61. The number of aliphatic carboxylic acids is 1. The van der Waals surface area contributed by atoms with Crippen molar-refractivity contribution in [2.24, 2.45) is 5.73 Å². The Kier molecular flexibility index (Phi) is 4.79. The first kappa shape index (κ1) is 12.5. The van der Waals surface area contributed by atoms with Crippen LogP contribution in [0.5, 0.6) is 5.75 Å². The van der Waals surface area contributed by atoms with Crippen LogP contribution >= 0.6 is 0 Å². The summed E-state index contributed by atoms with van der Waals surface area (Å²) in [4.78, 5) is 10.4. The van der Waals surface area contributed by atoms with Crippen molar-refractivity contribution < 1.29 is 14.6 Å². The summed E-state index contributed by atoms with van der Waals surface area (Å²) in [6.45, 7) is 2.37. The van der Waals surface area contributed by atoms with Gasteiger partial charge in [0.1, 0.15) is 11.9 Å². The number of carboxylic acid groups (broad SMARTS) is 1. The molecule has 0 aliphatic rings. The Hall–Kier alpha value is -1.55. The molecule has 0 amide bonds. The van der Waals surface area contributed by atoms with E-state index in [0.717, 1.165) is 11.3 Å². The standard InChI is InChI=1S/C12H17NO3/c1-9(8-13)16-11-5-2-10(3-6-11)4-7-12(14)15/h2-3,5-6,9H,4,7-8,13H2,1H3,(H,14,15). The highest BCUT2D eigenvalue weighted by Crippen LogP contribution is 2.14. The van der Waals surface area contributed by atoms with Crippen molar-refractivity contribution in [1.82, 2.24) is 0 Å². The highest BCUT2D eigenvalue weighted by atomic mass is 16.5. The Morgan fingerprint density at radius 3 is 2.56 bits per heavy atom. The van der Waals surface area contributed by atoms with Crippen LogP contribution in [0.2, 0.25) is 0 Å². The van der Waals surface area contributed by atoms with Crippen molar-refractivity contribution in [3.05, 3.63) is 29.8 Å². The Balaban J connectivity index is 2.50. The van der Waals surface area contributed by atoms with E-state index in [1.165, 1.54) is 0 Å². The van der Waals surface area contributed by atoms with Gasteiger partial charge in [0.05, 0.1) is 0 Å². The summed E-state index contributed by atoms with van der Waals surface area (Å²) in [5, 5.41) is 8.54.